The summed E-state index contributed by atoms with van der Waals surface area (Å²) in [4.78, 5) is 0. The van der Waals surface area contributed by atoms with Gasteiger partial charge in [0.15, 0.2) is 0 Å². The molecule has 0 amide bonds. The molecule has 1 aromatic rings. The van der Waals surface area contributed by atoms with Gasteiger partial charge in [0.05, 0.1) is 0 Å². The smallest absolute Gasteiger partial charge is 0.150 e. The minimum Gasteiger partial charge on any atom is -0.475 e. The van der Waals surface area contributed by atoms with Crippen molar-refractivity contribution >= 4 is 0 Å². The van der Waals surface area contributed by atoms with Crippen LogP contribution in [0.25, 0.3) is 0 Å². The molecule has 0 saturated carbocycles. The lowest BCUT2D eigenvalue weighted by Crippen LogP contribution is -2.35. The van der Waals surface area contributed by atoms with Crippen LogP contribution in [0, 0.1) is 0 Å². The van der Waals surface area contributed by atoms with Gasteiger partial charge in [0, 0.05) is 0 Å². The van der Waals surface area contributed by atoms with Gasteiger partial charge in [-0.15, -0.1) is 0 Å². The van der Waals surface area contributed by atoms with E-state index in [1.165, 1.54) is 19.3 Å². The third kappa shape index (κ3) is 6.32. The van der Waals surface area contributed by atoms with Gasteiger partial charge < -0.3 is 4.74 Å². The Labute approximate surface area is 105 Å². The Morgan fingerprint density at radius 2 is 1.82 bits per heavy atom. The summed E-state index contributed by atoms with van der Waals surface area (Å²) in [5.74, 6) is 0.953. The Bertz CT molecular complexity index is 274. The standard InChI is InChI=1S/C15H25NO/c1-3-5-9-13-16-15(10-4-2)17-14-11-7-6-8-12-14/h6-8,11-12,15-16H,3-5,9-10,13H2,1-2H3. The minimum absolute atomic E-state index is 0.152. The van der Waals surface area contributed by atoms with Crippen LogP contribution in [0.1, 0.15) is 46.0 Å². The van der Waals surface area contributed by atoms with Crippen molar-refractivity contribution in [2.45, 2.75) is 52.2 Å². The predicted octanol–water partition coefficient (Wildman–Crippen LogP) is 3.97. The highest BCUT2D eigenvalue weighted by molar-refractivity contribution is 5.21. The van der Waals surface area contributed by atoms with Crippen molar-refractivity contribution in [1.82, 2.24) is 5.32 Å². The molecule has 0 saturated heterocycles. The van der Waals surface area contributed by atoms with E-state index < -0.39 is 0 Å². The molecule has 0 spiro atoms. The first-order valence-electron chi connectivity index (χ1n) is 6.82. The molecule has 0 aromatic heterocycles. The second-order valence-electron chi connectivity index (χ2n) is 4.37. The summed E-state index contributed by atoms with van der Waals surface area (Å²) < 4.78 is 5.92. The zero-order chi connectivity index (χ0) is 12.3. The Hall–Kier alpha value is -1.02. The second kappa shape index (κ2) is 9.06. The van der Waals surface area contributed by atoms with Crippen molar-refractivity contribution in [2.75, 3.05) is 6.54 Å². The molecule has 1 unspecified atom stereocenters. The van der Waals surface area contributed by atoms with E-state index in [0.29, 0.717) is 0 Å². The molecule has 1 aromatic carbocycles. The van der Waals surface area contributed by atoms with E-state index in [2.05, 4.69) is 19.2 Å². The fourth-order valence-electron chi connectivity index (χ4n) is 1.77. The number of hydrogen-bond donors (Lipinski definition) is 1. The van der Waals surface area contributed by atoms with Crippen molar-refractivity contribution in [3.05, 3.63) is 30.3 Å². The highest BCUT2D eigenvalue weighted by Crippen LogP contribution is 2.12. The lowest BCUT2D eigenvalue weighted by atomic mass is 10.2. The minimum atomic E-state index is 0.152. The summed E-state index contributed by atoms with van der Waals surface area (Å²) >= 11 is 0. The van der Waals surface area contributed by atoms with Crippen molar-refractivity contribution < 1.29 is 4.74 Å². The number of rotatable bonds is 9. The zero-order valence-corrected chi connectivity index (χ0v) is 11.1. The van der Waals surface area contributed by atoms with Crippen LogP contribution in [0.2, 0.25) is 0 Å². The predicted molar refractivity (Wildman–Crippen MR) is 73.3 cm³/mol. The molecule has 1 N–H and O–H groups in total. The van der Waals surface area contributed by atoms with Crippen LogP contribution in [0.5, 0.6) is 5.75 Å². The third-order valence-corrected chi connectivity index (χ3v) is 2.72. The molecule has 0 radical (unpaired) electrons. The van der Waals surface area contributed by atoms with Crippen molar-refractivity contribution in [3.8, 4) is 5.75 Å². The second-order valence-corrected chi connectivity index (χ2v) is 4.37. The lowest BCUT2D eigenvalue weighted by Gasteiger charge is -2.20. The molecule has 2 heteroatoms. The van der Waals surface area contributed by atoms with E-state index in [1.807, 2.05) is 30.3 Å². The molecule has 0 fully saturated rings. The van der Waals surface area contributed by atoms with Crippen molar-refractivity contribution in [1.29, 1.82) is 0 Å². The molecule has 0 aliphatic heterocycles. The van der Waals surface area contributed by atoms with Crippen LogP contribution in [0.4, 0.5) is 0 Å². The number of nitrogens with one attached hydrogen (secondary N) is 1. The van der Waals surface area contributed by atoms with E-state index in [4.69, 9.17) is 4.74 Å². The number of ether oxygens (including phenoxy) is 1. The van der Waals surface area contributed by atoms with Crippen LogP contribution in [0.3, 0.4) is 0 Å². The molecule has 1 atom stereocenters. The maximum atomic E-state index is 5.92. The summed E-state index contributed by atoms with van der Waals surface area (Å²) in [5.41, 5.74) is 0. The normalized spacial score (nSPS) is 12.4. The van der Waals surface area contributed by atoms with Crippen LogP contribution < -0.4 is 10.1 Å². The highest BCUT2D eigenvalue weighted by Gasteiger charge is 2.07. The third-order valence-electron chi connectivity index (χ3n) is 2.72. The monoisotopic (exact) mass is 235 g/mol. The first kappa shape index (κ1) is 14.0. The first-order valence-corrected chi connectivity index (χ1v) is 6.82. The number of benzene rings is 1. The van der Waals surface area contributed by atoms with E-state index in [1.54, 1.807) is 0 Å². The topological polar surface area (TPSA) is 21.3 Å². The Balaban J connectivity index is 2.32. The number of unbranched alkanes of at least 4 members (excludes halogenated alkanes) is 2. The molecule has 0 heterocycles. The first-order chi connectivity index (χ1) is 8.36. The SMILES string of the molecule is CCCCCNC(CCC)Oc1ccccc1. The largest absolute Gasteiger partial charge is 0.475 e. The summed E-state index contributed by atoms with van der Waals surface area (Å²) in [6, 6.07) is 10.0. The molecule has 2 nitrogen and oxygen atoms in total. The van der Waals surface area contributed by atoms with Gasteiger partial charge in [0.2, 0.25) is 0 Å². The fraction of sp³-hybridized carbons (Fsp3) is 0.600. The molecule has 0 aliphatic rings. The fourth-order valence-corrected chi connectivity index (χ4v) is 1.77. The van der Waals surface area contributed by atoms with E-state index >= 15 is 0 Å². The van der Waals surface area contributed by atoms with Gasteiger partial charge in [0.25, 0.3) is 0 Å². The molecule has 17 heavy (non-hydrogen) atoms. The molecule has 0 bridgehead atoms. The van der Waals surface area contributed by atoms with Gasteiger partial charge in [0.1, 0.15) is 12.0 Å². The Morgan fingerprint density at radius 1 is 1.06 bits per heavy atom. The van der Waals surface area contributed by atoms with Gasteiger partial charge in [-0.25, -0.2) is 0 Å². The van der Waals surface area contributed by atoms with E-state index in [9.17, 15) is 0 Å². The van der Waals surface area contributed by atoms with Crippen LogP contribution >= 0.6 is 0 Å². The molecule has 1 rings (SSSR count). The van der Waals surface area contributed by atoms with Gasteiger partial charge in [-0.1, -0.05) is 51.3 Å². The summed E-state index contributed by atoms with van der Waals surface area (Å²) in [7, 11) is 0. The maximum Gasteiger partial charge on any atom is 0.150 e. The maximum absolute atomic E-state index is 5.92. The average molecular weight is 235 g/mol. The highest BCUT2D eigenvalue weighted by atomic mass is 16.5. The van der Waals surface area contributed by atoms with Crippen LogP contribution in [-0.2, 0) is 0 Å². The van der Waals surface area contributed by atoms with Gasteiger partial charge in [-0.2, -0.15) is 0 Å². The summed E-state index contributed by atoms with van der Waals surface area (Å²) in [5, 5.41) is 3.48. The van der Waals surface area contributed by atoms with Crippen molar-refractivity contribution in [2.24, 2.45) is 0 Å². The average Bonchev–Trinajstić information content (AvgIpc) is 2.36. The lowest BCUT2D eigenvalue weighted by molar-refractivity contribution is 0.152. The summed E-state index contributed by atoms with van der Waals surface area (Å²) in [6.45, 7) is 5.46. The van der Waals surface area contributed by atoms with Gasteiger partial charge >= 0.3 is 0 Å². The van der Waals surface area contributed by atoms with Crippen molar-refractivity contribution in [3.63, 3.8) is 0 Å². The van der Waals surface area contributed by atoms with Crippen LogP contribution in [-0.4, -0.2) is 12.8 Å². The van der Waals surface area contributed by atoms with Crippen LogP contribution in [0.15, 0.2) is 30.3 Å². The van der Waals surface area contributed by atoms with E-state index in [-0.39, 0.29) is 6.23 Å². The molecular formula is C15H25NO. The Morgan fingerprint density at radius 3 is 2.47 bits per heavy atom. The van der Waals surface area contributed by atoms with Gasteiger partial charge in [-0.3, -0.25) is 5.32 Å². The quantitative estimate of drug-likeness (QED) is 0.516. The molecule has 96 valence electrons. The van der Waals surface area contributed by atoms with E-state index in [0.717, 1.165) is 25.1 Å². The van der Waals surface area contributed by atoms with Gasteiger partial charge in [-0.05, 0) is 31.5 Å². The number of para-hydroxylation sites is 1. The molecule has 0 aliphatic carbocycles. The number of hydrogen-bond acceptors (Lipinski definition) is 2. The summed E-state index contributed by atoms with van der Waals surface area (Å²) in [6.07, 6.45) is 6.13. The Kier molecular flexibility index (Phi) is 7.48. The molecular weight excluding hydrogens is 210 g/mol. The zero-order valence-electron chi connectivity index (χ0n) is 11.1.